The van der Waals surface area contributed by atoms with Gasteiger partial charge in [-0.2, -0.15) is 4.31 Å². The van der Waals surface area contributed by atoms with E-state index in [-0.39, 0.29) is 10.8 Å². The quantitative estimate of drug-likeness (QED) is 0.712. The summed E-state index contributed by atoms with van der Waals surface area (Å²) in [4.78, 5) is 12.7. The van der Waals surface area contributed by atoms with Gasteiger partial charge < -0.3 is 5.32 Å². The van der Waals surface area contributed by atoms with E-state index < -0.39 is 10.0 Å². The lowest BCUT2D eigenvalue weighted by Gasteiger charge is -2.21. The van der Waals surface area contributed by atoms with Crippen LogP contribution < -0.4 is 5.32 Å². The van der Waals surface area contributed by atoms with Crippen molar-refractivity contribution in [2.45, 2.75) is 45.1 Å². The first-order valence-corrected chi connectivity index (χ1v) is 10.8. The number of sulfonamides is 1. The zero-order valence-corrected chi connectivity index (χ0v) is 17.1. The number of aryl methyl sites for hydroxylation is 1. The summed E-state index contributed by atoms with van der Waals surface area (Å²) in [5.74, 6) is -0.284. The van der Waals surface area contributed by atoms with E-state index in [1.807, 2.05) is 45.0 Å². The highest BCUT2D eigenvalue weighted by molar-refractivity contribution is 7.89. The summed E-state index contributed by atoms with van der Waals surface area (Å²) in [6.07, 6.45) is 1.49. The molecule has 0 radical (unpaired) electrons. The third kappa shape index (κ3) is 5.40. The van der Waals surface area contributed by atoms with Gasteiger partial charge in [0.05, 0.1) is 4.90 Å². The summed E-state index contributed by atoms with van der Waals surface area (Å²) in [5.41, 5.74) is 2.48. The molecule has 0 aromatic heterocycles. The zero-order chi connectivity index (χ0) is 19.9. The molecule has 6 heteroatoms. The molecule has 0 heterocycles. The summed E-state index contributed by atoms with van der Waals surface area (Å²) in [6, 6.07) is 14.1. The lowest BCUT2D eigenvalue weighted by molar-refractivity contribution is 0.0950. The summed E-state index contributed by atoms with van der Waals surface area (Å²) in [7, 11) is -3.60. The fourth-order valence-electron chi connectivity index (χ4n) is 2.88. The Balaban J connectivity index is 2.18. The summed E-state index contributed by atoms with van der Waals surface area (Å²) in [6.45, 7) is 7.24. The molecular formula is C21H28N2O3S. The van der Waals surface area contributed by atoms with Crippen LogP contribution in [0.15, 0.2) is 53.4 Å². The van der Waals surface area contributed by atoms with E-state index in [0.717, 1.165) is 24.0 Å². The van der Waals surface area contributed by atoms with Crippen molar-refractivity contribution in [3.05, 3.63) is 65.2 Å². The Morgan fingerprint density at radius 2 is 1.67 bits per heavy atom. The van der Waals surface area contributed by atoms with Crippen LogP contribution in [0, 0.1) is 6.92 Å². The van der Waals surface area contributed by atoms with E-state index in [0.29, 0.717) is 25.2 Å². The zero-order valence-electron chi connectivity index (χ0n) is 16.2. The number of hydrogen-bond donors (Lipinski definition) is 1. The van der Waals surface area contributed by atoms with Gasteiger partial charge in [-0.15, -0.1) is 0 Å². The van der Waals surface area contributed by atoms with E-state index in [1.54, 1.807) is 18.2 Å². The number of nitrogens with one attached hydrogen (secondary N) is 1. The van der Waals surface area contributed by atoms with Gasteiger partial charge in [-0.25, -0.2) is 8.42 Å². The number of hydrogen-bond acceptors (Lipinski definition) is 3. The van der Waals surface area contributed by atoms with E-state index in [4.69, 9.17) is 0 Å². The van der Waals surface area contributed by atoms with E-state index >= 15 is 0 Å². The van der Waals surface area contributed by atoms with Gasteiger partial charge >= 0.3 is 0 Å². The van der Waals surface area contributed by atoms with Crippen LogP contribution in [0.1, 0.15) is 48.2 Å². The maximum Gasteiger partial charge on any atom is 0.251 e. The molecule has 1 N–H and O–H groups in total. The number of rotatable bonds is 9. The normalized spacial score (nSPS) is 11.6. The largest absolute Gasteiger partial charge is 0.348 e. The molecule has 2 rings (SSSR count). The molecule has 146 valence electrons. The number of nitrogens with zero attached hydrogens (tertiary/aromatic N) is 1. The van der Waals surface area contributed by atoms with Crippen LogP contribution in [-0.4, -0.2) is 31.7 Å². The highest BCUT2D eigenvalue weighted by Gasteiger charge is 2.23. The average Bonchev–Trinajstić information content (AvgIpc) is 2.67. The lowest BCUT2D eigenvalue weighted by Crippen LogP contribution is -2.32. The van der Waals surface area contributed by atoms with Gasteiger partial charge in [0.1, 0.15) is 0 Å². The number of carbonyl (C=O) groups excluding carboxylic acids is 1. The maximum atomic E-state index is 12.9. The molecule has 0 spiro atoms. The molecule has 0 aliphatic rings. The Labute approximate surface area is 162 Å². The van der Waals surface area contributed by atoms with E-state index in [1.165, 1.54) is 10.4 Å². The number of carbonyl (C=O) groups is 1. The van der Waals surface area contributed by atoms with Crippen molar-refractivity contribution in [1.29, 1.82) is 0 Å². The Morgan fingerprint density at radius 3 is 2.30 bits per heavy atom. The first-order valence-electron chi connectivity index (χ1n) is 9.33. The predicted molar refractivity (Wildman–Crippen MR) is 108 cm³/mol. The number of benzene rings is 2. The monoisotopic (exact) mass is 388 g/mol. The Hall–Kier alpha value is -2.18. The molecule has 0 bridgehead atoms. The van der Waals surface area contributed by atoms with Crippen LogP contribution in [0.2, 0.25) is 0 Å². The second-order valence-corrected chi connectivity index (χ2v) is 8.48. The molecule has 0 unspecified atom stereocenters. The summed E-state index contributed by atoms with van der Waals surface area (Å²) >= 11 is 0. The van der Waals surface area contributed by atoms with Crippen molar-refractivity contribution in [2.24, 2.45) is 0 Å². The molecule has 2 aromatic carbocycles. The maximum absolute atomic E-state index is 12.9. The van der Waals surface area contributed by atoms with E-state index in [2.05, 4.69) is 5.32 Å². The Bertz CT molecular complexity index is 873. The van der Waals surface area contributed by atoms with Gasteiger partial charge in [0.15, 0.2) is 0 Å². The smallest absolute Gasteiger partial charge is 0.251 e. The topological polar surface area (TPSA) is 66.5 Å². The highest BCUT2D eigenvalue weighted by Crippen LogP contribution is 2.18. The van der Waals surface area contributed by atoms with Crippen molar-refractivity contribution in [3.63, 3.8) is 0 Å². The van der Waals surface area contributed by atoms with Crippen molar-refractivity contribution < 1.29 is 13.2 Å². The highest BCUT2D eigenvalue weighted by atomic mass is 32.2. The molecule has 0 aliphatic carbocycles. The molecule has 5 nitrogen and oxygen atoms in total. The number of amides is 1. The van der Waals surface area contributed by atoms with Crippen LogP contribution in [0.3, 0.4) is 0 Å². The van der Waals surface area contributed by atoms with Crippen molar-refractivity contribution >= 4 is 15.9 Å². The van der Waals surface area contributed by atoms with Crippen molar-refractivity contribution in [2.75, 3.05) is 13.1 Å². The van der Waals surface area contributed by atoms with Crippen LogP contribution in [-0.2, 0) is 16.6 Å². The van der Waals surface area contributed by atoms with Crippen molar-refractivity contribution in [1.82, 2.24) is 9.62 Å². The molecular weight excluding hydrogens is 360 g/mol. The first kappa shape index (κ1) is 21.1. The van der Waals surface area contributed by atoms with Crippen LogP contribution in [0.25, 0.3) is 0 Å². The molecule has 0 atom stereocenters. The summed E-state index contributed by atoms with van der Waals surface area (Å²) in [5, 5.41) is 2.87. The van der Waals surface area contributed by atoms with Gasteiger partial charge in [0.2, 0.25) is 10.0 Å². The molecule has 0 saturated carbocycles. The molecule has 27 heavy (non-hydrogen) atoms. The predicted octanol–water partition coefficient (Wildman–Crippen LogP) is 3.74. The fraction of sp³-hybridized carbons (Fsp3) is 0.381. The van der Waals surface area contributed by atoms with Gasteiger partial charge in [-0.05, 0) is 49.1 Å². The average molecular weight is 389 g/mol. The van der Waals surface area contributed by atoms with Gasteiger partial charge in [-0.1, -0.05) is 44.2 Å². The lowest BCUT2D eigenvalue weighted by atomic mass is 10.1. The van der Waals surface area contributed by atoms with Crippen LogP contribution in [0.4, 0.5) is 0 Å². The minimum atomic E-state index is -3.60. The second-order valence-electron chi connectivity index (χ2n) is 6.54. The van der Waals surface area contributed by atoms with Crippen LogP contribution >= 0.6 is 0 Å². The van der Waals surface area contributed by atoms with E-state index in [9.17, 15) is 13.2 Å². The van der Waals surface area contributed by atoms with Crippen molar-refractivity contribution in [3.8, 4) is 0 Å². The molecule has 1 amide bonds. The minimum absolute atomic E-state index is 0.160. The molecule has 0 fully saturated rings. The summed E-state index contributed by atoms with van der Waals surface area (Å²) < 4.78 is 27.3. The molecule has 2 aromatic rings. The standard InChI is InChI=1S/C21H28N2O3S/c1-4-13-23(14-5-2)27(25,26)20-12-8-11-18(15-20)21(24)22-16-19-10-7-6-9-17(19)3/h6-12,15H,4-5,13-14,16H2,1-3H3,(H,22,24). The molecule has 0 aliphatic heterocycles. The first-order chi connectivity index (χ1) is 12.9. The van der Waals surface area contributed by atoms with Crippen LogP contribution in [0.5, 0.6) is 0 Å². The Kier molecular flexibility index (Phi) is 7.56. The SMILES string of the molecule is CCCN(CCC)S(=O)(=O)c1cccc(C(=O)NCc2ccccc2C)c1. The Morgan fingerprint density at radius 1 is 1.00 bits per heavy atom. The second kappa shape index (κ2) is 9.67. The van der Waals surface area contributed by atoms with Gasteiger partial charge in [-0.3, -0.25) is 4.79 Å². The van der Waals surface area contributed by atoms with Gasteiger partial charge in [0, 0.05) is 25.2 Å². The third-order valence-corrected chi connectivity index (χ3v) is 6.28. The fourth-order valence-corrected chi connectivity index (χ4v) is 4.55. The molecule has 0 saturated heterocycles. The van der Waals surface area contributed by atoms with Gasteiger partial charge in [0.25, 0.3) is 5.91 Å². The minimum Gasteiger partial charge on any atom is -0.348 e. The third-order valence-electron chi connectivity index (χ3n) is 4.38.